The van der Waals surface area contributed by atoms with Crippen LogP contribution in [0, 0.1) is 17.8 Å². The molecule has 7 nitrogen and oxygen atoms in total. The van der Waals surface area contributed by atoms with Crippen LogP contribution in [-0.2, 0) is 19.1 Å². The van der Waals surface area contributed by atoms with Crippen LogP contribution in [0.15, 0.2) is 30.3 Å². The number of amides is 2. The van der Waals surface area contributed by atoms with E-state index in [0.29, 0.717) is 18.4 Å². The van der Waals surface area contributed by atoms with E-state index in [9.17, 15) is 19.2 Å². The highest BCUT2D eigenvalue weighted by Gasteiger charge is 2.42. The van der Waals surface area contributed by atoms with Crippen molar-refractivity contribution in [2.75, 3.05) is 0 Å². The summed E-state index contributed by atoms with van der Waals surface area (Å²) >= 11 is 0. The van der Waals surface area contributed by atoms with Gasteiger partial charge in [-0.1, -0.05) is 24.6 Å². The average molecular weight is 372 g/mol. The molecule has 2 aliphatic carbocycles. The number of ether oxygens (including phenoxy) is 1. The van der Waals surface area contributed by atoms with E-state index >= 15 is 0 Å². The number of rotatable bonds is 4. The Balaban J connectivity index is 1.47. The van der Waals surface area contributed by atoms with Gasteiger partial charge in [0.2, 0.25) is 0 Å². The van der Waals surface area contributed by atoms with Crippen LogP contribution in [0.5, 0.6) is 0 Å². The third kappa shape index (κ3) is 4.53. The van der Waals surface area contributed by atoms with Crippen molar-refractivity contribution in [3.05, 3.63) is 35.9 Å². The third-order valence-corrected chi connectivity index (χ3v) is 5.38. The molecular weight excluding hydrogens is 348 g/mol. The molecular formula is C20H24N2O5. The number of hydrazine groups is 1. The smallest absolute Gasteiger partial charge is 0.309 e. The molecule has 144 valence electrons. The first kappa shape index (κ1) is 19.1. The zero-order valence-corrected chi connectivity index (χ0v) is 15.3. The molecule has 1 aromatic carbocycles. The third-order valence-electron chi connectivity index (χ3n) is 5.38. The molecule has 2 saturated carbocycles. The van der Waals surface area contributed by atoms with Gasteiger partial charge in [-0.05, 0) is 44.7 Å². The van der Waals surface area contributed by atoms with Crippen molar-refractivity contribution in [1.82, 2.24) is 10.9 Å². The van der Waals surface area contributed by atoms with Gasteiger partial charge in [0.05, 0.1) is 5.92 Å². The van der Waals surface area contributed by atoms with E-state index in [1.54, 1.807) is 30.3 Å². The van der Waals surface area contributed by atoms with Gasteiger partial charge in [-0.3, -0.25) is 30.0 Å². The summed E-state index contributed by atoms with van der Waals surface area (Å²) in [5.74, 6) is -1.68. The Labute approximate surface area is 157 Å². The Morgan fingerprint density at radius 2 is 1.67 bits per heavy atom. The highest BCUT2D eigenvalue weighted by molar-refractivity contribution is 5.96. The SMILES string of the molecule is C[C@@H](OC(=O)C1C[C@H]2CCC[C@@H](C1)C2=O)C(=O)NNC(=O)c1ccccc1. The van der Waals surface area contributed by atoms with E-state index in [0.717, 1.165) is 19.3 Å². The number of nitrogens with one attached hydrogen (secondary N) is 2. The zero-order valence-electron chi connectivity index (χ0n) is 15.3. The van der Waals surface area contributed by atoms with E-state index < -0.39 is 23.9 Å². The number of esters is 1. The van der Waals surface area contributed by atoms with Gasteiger partial charge < -0.3 is 4.74 Å². The second-order valence-corrected chi connectivity index (χ2v) is 7.28. The molecule has 2 bridgehead atoms. The largest absolute Gasteiger partial charge is 0.452 e. The van der Waals surface area contributed by atoms with Crippen molar-refractivity contribution < 1.29 is 23.9 Å². The molecule has 2 fully saturated rings. The second kappa shape index (κ2) is 8.33. The minimum Gasteiger partial charge on any atom is -0.452 e. The summed E-state index contributed by atoms with van der Waals surface area (Å²) in [7, 11) is 0. The minimum absolute atomic E-state index is 0.0515. The van der Waals surface area contributed by atoms with Crippen LogP contribution in [0.1, 0.15) is 49.4 Å². The molecule has 1 unspecified atom stereocenters. The molecule has 3 rings (SSSR count). The maximum Gasteiger partial charge on any atom is 0.309 e. The van der Waals surface area contributed by atoms with Crippen LogP contribution in [-0.4, -0.2) is 29.7 Å². The van der Waals surface area contributed by atoms with E-state index in [1.165, 1.54) is 6.92 Å². The fourth-order valence-electron chi connectivity index (χ4n) is 3.88. The van der Waals surface area contributed by atoms with Crippen molar-refractivity contribution in [3.8, 4) is 0 Å². The number of hydrogen-bond acceptors (Lipinski definition) is 5. The Bertz CT molecular complexity index is 717. The zero-order chi connectivity index (χ0) is 19.4. The Morgan fingerprint density at radius 1 is 1.04 bits per heavy atom. The summed E-state index contributed by atoms with van der Waals surface area (Å²) in [5, 5.41) is 0. The van der Waals surface area contributed by atoms with E-state index in [4.69, 9.17) is 4.74 Å². The molecule has 0 aliphatic heterocycles. The first-order valence-corrected chi connectivity index (χ1v) is 9.35. The highest BCUT2D eigenvalue weighted by Crippen LogP contribution is 2.40. The molecule has 2 N–H and O–H groups in total. The maximum atomic E-state index is 12.4. The lowest BCUT2D eigenvalue weighted by molar-refractivity contribution is -0.162. The highest BCUT2D eigenvalue weighted by atomic mass is 16.5. The van der Waals surface area contributed by atoms with E-state index in [1.807, 2.05) is 0 Å². The van der Waals surface area contributed by atoms with Crippen molar-refractivity contribution in [1.29, 1.82) is 0 Å². The standard InChI is InChI=1S/C20H24N2O5/c1-12(18(24)21-22-19(25)13-6-3-2-4-7-13)27-20(26)16-10-14-8-5-9-15(11-16)17(14)23/h2-4,6-7,12,14-16H,5,8-11H2,1H3,(H,21,24)(H,22,25)/t12-,14-,15+,16?/m1/s1. The molecule has 0 aromatic heterocycles. The fourth-order valence-corrected chi connectivity index (χ4v) is 3.88. The predicted octanol–water partition coefficient (Wildman–Crippen LogP) is 1.77. The lowest BCUT2D eigenvalue weighted by atomic mass is 9.67. The normalized spacial score (nSPS) is 25.2. The summed E-state index contributed by atoms with van der Waals surface area (Å²) in [4.78, 5) is 48.5. The van der Waals surface area contributed by atoms with Gasteiger partial charge in [0.1, 0.15) is 5.78 Å². The number of Topliss-reactive ketones (excluding diaryl/α,β-unsaturated/α-hetero) is 1. The summed E-state index contributed by atoms with van der Waals surface area (Å²) < 4.78 is 5.28. The van der Waals surface area contributed by atoms with Crippen LogP contribution in [0.4, 0.5) is 0 Å². The van der Waals surface area contributed by atoms with Crippen molar-refractivity contribution >= 4 is 23.6 Å². The average Bonchev–Trinajstić information content (AvgIpc) is 2.66. The molecule has 27 heavy (non-hydrogen) atoms. The Hall–Kier alpha value is -2.70. The molecule has 4 atom stereocenters. The van der Waals surface area contributed by atoms with Gasteiger partial charge in [-0.15, -0.1) is 0 Å². The molecule has 1 aromatic rings. The van der Waals surface area contributed by atoms with Gasteiger partial charge in [-0.25, -0.2) is 0 Å². The Kier molecular flexibility index (Phi) is 5.88. The van der Waals surface area contributed by atoms with E-state index in [-0.39, 0.29) is 23.5 Å². The number of fused-ring (bicyclic) bond motifs is 2. The number of ketones is 1. The van der Waals surface area contributed by atoms with Gasteiger partial charge in [0.15, 0.2) is 6.10 Å². The molecule has 0 radical (unpaired) electrons. The first-order chi connectivity index (χ1) is 13.0. The van der Waals surface area contributed by atoms with Crippen molar-refractivity contribution in [3.63, 3.8) is 0 Å². The lowest BCUT2D eigenvalue weighted by Gasteiger charge is -2.36. The quantitative estimate of drug-likeness (QED) is 0.620. The molecule has 2 aliphatic rings. The molecule has 0 saturated heterocycles. The van der Waals surface area contributed by atoms with E-state index in [2.05, 4.69) is 10.9 Å². The maximum absolute atomic E-state index is 12.4. The number of carbonyl (C=O) groups is 4. The molecule has 0 spiro atoms. The molecule has 0 heterocycles. The monoisotopic (exact) mass is 372 g/mol. The minimum atomic E-state index is -1.04. The summed E-state index contributed by atoms with van der Waals surface area (Å²) in [5.41, 5.74) is 4.97. The van der Waals surface area contributed by atoms with Crippen molar-refractivity contribution in [2.45, 2.75) is 45.1 Å². The number of carbonyl (C=O) groups excluding carboxylic acids is 4. The lowest BCUT2D eigenvalue weighted by Crippen LogP contribution is -2.47. The van der Waals surface area contributed by atoms with Crippen LogP contribution < -0.4 is 10.9 Å². The fraction of sp³-hybridized carbons (Fsp3) is 0.500. The van der Waals surface area contributed by atoms with Crippen LogP contribution in [0.25, 0.3) is 0 Å². The number of benzene rings is 1. The van der Waals surface area contributed by atoms with Crippen molar-refractivity contribution in [2.24, 2.45) is 17.8 Å². The van der Waals surface area contributed by atoms with Crippen LogP contribution >= 0.6 is 0 Å². The Morgan fingerprint density at radius 3 is 2.30 bits per heavy atom. The van der Waals surface area contributed by atoms with Gasteiger partial charge >= 0.3 is 5.97 Å². The van der Waals surface area contributed by atoms with Gasteiger partial charge in [-0.2, -0.15) is 0 Å². The van der Waals surface area contributed by atoms with Gasteiger partial charge in [0, 0.05) is 17.4 Å². The second-order valence-electron chi connectivity index (χ2n) is 7.28. The van der Waals surface area contributed by atoms with Crippen LogP contribution in [0.2, 0.25) is 0 Å². The topological polar surface area (TPSA) is 102 Å². The number of hydrogen-bond donors (Lipinski definition) is 2. The summed E-state index contributed by atoms with van der Waals surface area (Å²) in [6, 6.07) is 8.44. The van der Waals surface area contributed by atoms with Crippen LogP contribution in [0.3, 0.4) is 0 Å². The molecule has 2 amide bonds. The predicted molar refractivity (Wildman–Crippen MR) is 96.2 cm³/mol. The summed E-state index contributed by atoms with van der Waals surface area (Å²) in [6.07, 6.45) is 2.68. The van der Waals surface area contributed by atoms with Gasteiger partial charge in [0.25, 0.3) is 11.8 Å². The summed E-state index contributed by atoms with van der Waals surface area (Å²) in [6.45, 7) is 1.46. The first-order valence-electron chi connectivity index (χ1n) is 9.35. The molecule has 7 heteroatoms.